The number of amides is 1. The molecule has 1 amide bonds. The first-order valence-corrected chi connectivity index (χ1v) is 8.52. The van der Waals surface area contributed by atoms with Crippen LogP contribution in [0.15, 0.2) is 53.6 Å². The van der Waals surface area contributed by atoms with Gasteiger partial charge in [0.2, 0.25) is 5.91 Å². The summed E-state index contributed by atoms with van der Waals surface area (Å²) in [6.07, 6.45) is -3.22. The van der Waals surface area contributed by atoms with E-state index in [1.807, 2.05) is 13.0 Å². The fourth-order valence-electron chi connectivity index (χ4n) is 2.99. The van der Waals surface area contributed by atoms with E-state index in [9.17, 15) is 22.8 Å². The van der Waals surface area contributed by atoms with Crippen LogP contribution in [0, 0.1) is 6.92 Å². The summed E-state index contributed by atoms with van der Waals surface area (Å²) in [4.78, 5) is 30.5. The van der Waals surface area contributed by atoms with Crippen molar-refractivity contribution >= 4 is 16.8 Å². The lowest BCUT2D eigenvalue weighted by Gasteiger charge is -2.20. The average molecular weight is 389 g/mol. The molecule has 0 spiro atoms. The smallest absolute Gasteiger partial charge is 0.340 e. The molecule has 5 nitrogen and oxygen atoms in total. The average Bonchev–Trinajstić information content (AvgIpc) is 2.64. The molecule has 0 radical (unpaired) electrons. The standard InChI is InChI=1S/C20H18F3N3O2/c1-13-6-5-8-15-18(13)24-12-26(19(15)28)11-17(27)25(2)10-14-7-3-4-9-16(14)20(21,22)23/h3-9,12H,10-11H2,1-2H3. The predicted octanol–water partition coefficient (Wildman–Crippen LogP) is 3.38. The Balaban J connectivity index is 1.82. The zero-order valence-corrected chi connectivity index (χ0v) is 15.3. The molecule has 8 heteroatoms. The van der Waals surface area contributed by atoms with Gasteiger partial charge in [-0.05, 0) is 30.2 Å². The van der Waals surface area contributed by atoms with Gasteiger partial charge in [-0.25, -0.2) is 4.98 Å². The molecule has 146 valence electrons. The Kier molecular flexibility index (Phi) is 5.22. The Morgan fingerprint density at radius 3 is 2.57 bits per heavy atom. The maximum atomic E-state index is 13.1. The number of hydrogen-bond acceptors (Lipinski definition) is 3. The highest BCUT2D eigenvalue weighted by Gasteiger charge is 2.33. The van der Waals surface area contributed by atoms with Crippen LogP contribution in [0.3, 0.4) is 0 Å². The molecule has 1 heterocycles. The van der Waals surface area contributed by atoms with Crippen molar-refractivity contribution in [3.63, 3.8) is 0 Å². The molecule has 0 aliphatic heterocycles. The Labute approximate surface area is 159 Å². The molecule has 2 aromatic carbocycles. The third kappa shape index (κ3) is 3.90. The van der Waals surface area contributed by atoms with E-state index >= 15 is 0 Å². The van der Waals surface area contributed by atoms with Gasteiger partial charge < -0.3 is 4.90 Å². The van der Waals surface area contributed by atoms with E-state index in [0.29, 0.717) is 10.9 Å². The molecular formula is C20H18F3N3O2. The second-order valence-electron chi connectivity index (χ2n) is 6.55. The largest absolute Gasteiger partial charge is 0.416 e. The summed E-state index contributed by atoms with van der Waals surface area (Å²) in [6.45, 7) is 1.31. The normalized spacial score (nSPS) is 11.6. The molecule has 28 heavy (non-hydrogen) atoms. The maximum absolute atomic E-state index is 13.1. The van der Waals surface area contributed by atoms with Gasteiger partial charge >= 0.3 is 6.18 Å². The third-order valence-electron chi connectivity index (χ3n) is 4.52. The summed E-state index contributed by atoms with van der Waals surface area (Å²) in [7, 11) is 1.40. The van der Waals surface area contributed by atoms with Gasteiger partial charge in [0.1, 0.15) is 6.54 Å². The van der Waals surface area contributed by atoms with E-state index in [1.165, 1.54) is 31.6 Å². The van der Waals surface area contributed by atoms with E-state index in [2.05, 4.69) is 4.98 Å². The lowest BCUT2D eigenvalue weighted by atomic mass is 10.1. The molecule has 0 fully saturated rings. The number of likely N-dealkylation sites (N-methyl/N-ethyl adjacent to an activating group) is 1. The molecule has 3 aromatic rings. The number of aryl methyl sites for hydroxylation is 1. The number of fused-ring (bicyclic) bond motifs is 1. The van der Waals surface area contributed by atoms with Gasteiger partial charge in [-0.1, -0.05) is 30.3 Å². The van der Waals surface area contributed by atoms with E-state index in [1.54, 1.807) is 12.1 Å². The molecule has 0 aliphatic carbocycles. The summed E-state index contributed by atoms with van der Waals surface area (Å²) in [5, 5.41) is 0.389. The minimum absolute atomic E-state index is 0.00883. The van der Waals surface area contributed by atoms with Gasteiger partial charge in [-0.15, -0.1) is 0 Å². The Hall–Kier alpha value is -3.16. The highest BCUT2D eigenvalue weighted by atomic mass is 19.4. The van der Waals surface area contributed by atoms with Crippen LogP contribution in [0.5, 0.6) is 0 Å². The molecule has 0 aliphatic rings. The molecule has 0 bridgehead atoms. The fraction of sp³-hybridized carbons (Fsp3) is 0.250. The molecule has 3 rings (SSSR count). The Morgan fingerprint density at radius 2 is 1.86 bits per heavy atom. The lowest BCUT2D eigenvalue weighted by Crippen LogP contribution is -2.34. The molecule has 0 saturated carbocycles. The summed E-state index contributed by atoms with van der Waals surface area (Å²) in [5.41, 5.74) is 0.240. The number of rotatable bonds is 4. The number of nitrogens with zero attached hydrogens (tertiary/aromatic N) is 3. The molecular weight excluding hydrogens is 371 g/mol. The maximum Gasteiger partial charge on any atom is 0.416 e. The van der Waals surface area contributed by atoms with E-state index in [0.717, 1.165) is 21.1 Å². The number of aromatic nitrogens is 2. The molecule has 0 saturated heterocycles. The zero-order chi connectivity index (χ0) is 20.5. The number of benzene rings is 2. The van der Waals surface area contributed by atoms with Crippen molar-refractivity contribution in [2.75, 3.05) is 7.05 Å². The number of carbonyl (C=O) groups excluding carboxylic acids is 1. The van der Waals surface area contributed by atoms with E-state index in [-0.39, 0.29) is 24.2 Å². The predicted molar refractivity (Wildman–Crippen MR) is 98.7 cm³/mol. The van der Waals surface area contributed by atoms with Crippen LogP contribution in [0.1, 0.15) is 16.7 Å². The van der Waals surface area contributed by atoms with Crippen molar-refractivity contribution in [1.29, 1.82) is 0 Å². The summed E-state index contributed by atoms with van der Waals surface area (Å²) < 4.78 is 40.5. The van der Waals surface area contributed by atoms with E-state index < -0.39 is 17.6 Å². The minimum Gasteiger partial charge on any atom is -0.340 e. The molecule has 0 unspecified atom stereocenters. The van der Waals surface area contributed by atoms with Crippen molar-refractivity contribution in [3.8, 4) is 0 Å². The van der Waals surface area contributed by atoms with Crippen LogP contribution in [-0.4, -0.2) is 27.4 Å². The summed E-state index contributed by atoms with van der Waals surface area (Å²) in [5.74, 6) is -0.493. The fourth-order valence-corrected chi connectivity index (χ4v) is 2.99. The van der Waals surface area contributed by atoms with Crippen molar-refractivity contribution < 1.29 is 18.0 Å². The Bertz CT molecular complexity index is 1090. The van der Waals surface area contributed by atoms with Crippen molar-refractivity contribution in [1.82, 2.24) is 14.5 Å². The number of para-hydroxylation sites is 1. The number of halogens is 3. The first-order valence-electron chi connectivity index (χ1n) is 8.52. The highest BCUT2D eigenvalue weighted by Crippen LogP contribution is 2.32. The lowest BCUT2D eigenvalue weighted by molar-refractivity contribution is -0.139. The topological polar surface area (TPSA) is 55.2 Å². The number of carbonyl (C=O) groups is 1. The second kappa shape index (κ2) is 7.46. The van der Waals surface area contributed by atoms with Crippen molar-refractivity contribution in [3.05, 3.63) is 75.8 Å². The van der Waals surface area contributed by atoms with Crippen LogP contribution in [0.25, 0.3) is 10.9 Å². The SMILES string of the molecule is Cc1cccc2c(=O)n(CC(=O)N(C)Cc3ccccc3C(F)(F)F)cnc12. The first-order chi connectivity index (χ1) is 13.2. The molecule has 0 atom stereocenters. The van der Waals surface area contributed by atoms with Crippen LogP contribution in [0.4, 0.5) is 13.2 Å². The summed E-state index contributed by atoms with van der Waals surface area (Å²) >= 11 is 0. The number of hydrogen-bond donors (Lipinski definition) is 0. The van der Waals surface area contributed by atoms with E-state index in [4.69, 9.17) is 0 Å². The van der Waals surface area contributed by atoms with Gasteiger partial charge in [0.05, 0.1) is 22.8 Å². The second-order valence-corrected chi connectivity index (χ2v) is 6.55. The monoisotopic (exact) mass is 389 g/mol. The van der Waals surface area contributed by atoms with Gasteiger partial charge in [0.25, 0.3) is 5.56 Å². The van der Waals surface area contributed by atoms with Crippen molar-refractivity contribution in [2.24, 2.45) is 0 Å². The number of alkyl halides is 3. The van der Waals surface area contributed by atoms with Crippen LogP contribution in [0.2, 0.25) is 0 Å². The highest BCUT2D eigenvalue weighted by molar-refractivity contribution is 5.81. The van der Waals surface area contributed by atoms with Crippen LogP contribution >= 0.6 is 0 Å². The first kappa shape index (κ1) is 19.6. The Morgan fingerprint density at radius 1 is 1.14 bits per heavy atom. The van der Waals surface area contributed by atoms with Crippen LogP contribution in [-0.2, 0) is 24.1 Å². The molecule has 1 aromatic heterocycles. The van der Waals surface area contributed by atoms with Crippen LogP contribution < -0.4 is 5.56 Å². The summed E-state index contributed by atoms with van der Waals surface area (Å²) in [6, 6.07) is 10.3. The molecule has 0 N–H and O–H groups in total. The van der Waals surface area contributed by atoms with Gasteiger partial charge in [-0.2, -0.15) is 13.2 Å². The third-order valence-corrected chi connectivity index (χ3v) is 4.52. The quantitative estimate of drug-likeness (QED) is 0.687. The zero-order valence-electron chi connectivity index (χ0n) is 15.3. The van der Waals surface area contributed by atoms with Gasteiger partial charge in [0, 0.05) is 13.6 Å². The van der Waals surface area contributed by atoms with Crippen molar-refractivity contribution in [2.45, 2.75) is 26.2 Å². The van der Waals surface area contributed by atoms with Gasteiger partial charge in [-0.3, -0.25) is 14.2 Å². The minimum atomic E-state index is -4.50. The van der Waals surface area contributed by atoms with Gasteiger partial charge in [0.15, 0.2) is 0 Å².